The van der Waals surface area contributed by atoms with Crippen LogP contribution in [0.15, 0.2) is 42.7 Å². The van der Waals surface area contributed by atoms with Gasteiger partial charge in [0.25, 0.3) is 12.1 Å². The molecule has 0 aliphatic carbocycles. The van der Waals surface area contributed by atoms with Crippen molar-refractivity contribution in [2.75, 3.05) is 46.0 Å². The second-order valence-corrected chi connectivity index (χ2v) is 7.44. The largest absolute Gasteiger partial charge is 0.487 e. The van der Waals surface area contributed by atoms with Crippen molar-refractivity contribution >= 4 is 22.4 Å². The van der Waals surface area contributed by atoms with Gasteiger partial charge < -0.3 is 24.3 Å². The van der Waals surface area contributed by atoms with Gasteiger partial charge in [0, 0.05) is 37.6 Å². The Bertz CT molecular complexity index is 1090. The summed E-state index contributed by atoms with van der Waals surface area (Å²) in [6, 6.07) is 11.8. The average molecular weight is 437 g/mol. The van der Waals surface area contributed by atoms with Gasteiger partial charge in [-0.2, -0.15) is 0 Å². The molecule has 1 N–H and O–H groups in total. The summed E-state index contributed by atoms with van der Waals surface area (Å²) >= 11 is 0. The third kappa shape index (κ3) is 5.67. The maximum Gasteiger partial charge on any atom is 0.289 e. The Kier molecular flexibility index (Phi) is 8.26. The number of ether oxygens (including phenoxy) is 4. The molecule has 7 heteroatoms. The van der Waals surface area contributed by atoms with E-state index in [0.29, 0.717) is 43.7 Å². The molecule has 0 saturated heterocycles. The number of nitrogens with zero attached hydrogens (tertiary/aromatic N) is 2. The van der Waals surface area contributed by atoms with Gasteiger partial charge in [-0.3, -0.25) is 0 Å². The van der Waals surface area contributed by atoms with Gasteiger partial charge in [-0.05, 0) is 37.0 Å². The molecule has 3 aromatic rings. The molecule has 0 aliphatic rings. The van der Waals surface area contributed by atoms with Crippen molar-refractivity contribution in [3.8, 4) is 23.8 Å². The predicted molar refractivity (Wildman–Crippen MR) is 125 cm³/mol. The van der Waals surface area contributed by atoms with Crippen LogP contribution in [0.1, 0.15) is 25.5 Å². The first-order chi connectivity index (χ1) is 15.6. The fourth-order valence-electron chi connectivity index (χ4n) is 3.23. The first-order valence-electron chi connectivity index (χ1n) is 10.5. The van der Waals surface area contributed by atoms with E-state index in [2.05, 4.69) is 34.6 Å². The lowest BCUT2D eigenvalue weighted by Crippen LogP contribution is -2.37. The molecule has 2 aromatic carbocycles. The molecule has 7 nitrogen and oxygen atoms in total. The van der Waals surface area contributed by atoms with E-state index >= 15 is 0 Å². The minimum absolute atomic E-state index is 0.205. The second-order valence-electron chi connectivity index (χ2n) is 7.44. The summed E-state index contributed by atoms with van der Waals surface area (Å²) in [6.45, 7) is 5.99. The minimum atomic E-state index is 0.205. The molecule has 3 rings (SSSR count). The summed E-state index contributed by atoms with van der Waals surface area (Å²) in [5.41, 5.74) is 2.63. The zero-order chi connectivity index (χ0) is 22.9. The van der Waals surface area contributed by atoms with Gasteiger partial charge >= 0.3 is 0 Å². The van der Waals surface area contributed by atoms with E-state index in [4.69, 9.17) is 25.4 Å². The highest BCUT2D eigenvalue weighted by molar-refractivity contribution is 5.91. The number of anilines is 2. The molecule has 1 aromatic heterocycles. The number of hydrogen-bond acceptors (Lipinski definition) is 6. The number of terminal acetylenes is 1. The monoisotopic (exact) mass is 436 g/mol. The Balaban J connectivity index is 2.10. The number of methoxy groups -OCH3 is 2. The van der Waals surface area contributed by atoms with Gasteiger partial charge in [-0.25, -0.2) is 4.57 Å². The molecule has 32 heavy (non-hydrogen) atoms. The highest BCUT2D eigenvalue weighted by Crippen LogP contribution is 2.35. The Morgan fingerprint density at radius 2 is 1.69 bits per heavy atom. The minimum Gasteiger partial charge on any atom is -0.487 e. The molecule has 1 heterocycles. The molecular weight excluding hydrogens is 406 g/mol. The molecule has 0 bridgehead atoms. The van der Waals surface area contributed by atoms with Crippen LogP contribution in [0.2, 0.25) is 0 Å². The Morgan fingerprint density at radius 1 is 1.00 bits per heavy atom. The molecule has 0 radical (unpaired) electrons. The lowest BCUT2D eigenvalue weighted by molar-refractivity contribution is -0.694. The second kappa shape index (κ2) is 11.3. The van der Waals surface area contributed by atoms with Crippen LogP contribution in [0.25, 0.3) is 10.9 Å². The quantitative estimate of drug-likeness (QED) is 0.280. The molecule has 0 spiro atoms. The van der Waals surface area contributed by atoms with E-state index in [-0.39, 0.29) is 6.04 Å². The van der Waals surface area contributed by atoms with Crippen molar-refractivity contribution in [2.45, 2.75) is 19.9 Å². The standard InChI is InChI=1S/C25H29N3O4/c1-6-19-8-7-9-20(14-19)27-25-21-15-23(31-12-10-29-4)24(32-13-11-30-5)16-22(21)28(17-26-25)18(2)3/h1,7-9,14-18H,10-13H2,2-5H3/p+1. The van der Waals surface area contributed by atoms with Crippen molar-refractivity contribution in [1.29, 1.82) is 0 Å². The zero-order valence-corrected chi connectivity index (χ0v) is 19.1. The third-order valence-electron chi connectivity index (χ3n) is 4.84. The fourth-order valence-corrected chi connectivity index (χ4v) is 3.23. The zero-order valence-electron chi connectivity index (χ0n) is 19.1. The molecular formula is C25H30N3O4+. The fraction of sp³-hybridized carbons (Fsp3) is 0.360. The Morgan fingerprint density at radius 3 is 2.31 bits per heavy atom. The Labute approximate surface area is 189 Å². The van der Waals surface area contributed by atoms with E-state index in [1.165, 1.54) is 0 Å². The van der Waals surface area contributed by atoms with Gasteiger partial charge in [0.2, 0.25) is 0 Å². The number of nitrogens with one attached hydrogen (secondary N) is 1. The summed E-state index contributed by atoms with van der Waals surface area (Å²) < 4.78 is 24.3. The van der Waals surface area contributed by atoms with Gasteiger partial charge in [0.15, 0.2) is 11.5 Å². The van der Waals surface area contributed by atoms with Crippen molar-refractivity contribution < 1.29 is 23.5 Å². The number of aromatic nitrogens is 2. The average Bonchev–Trinajstić information content (AvgIpc) is 2.79. The number of benzene rings is 2. The maximum atomic E-state index is 5.98. The summed E-state index contributed by atoms with van der Waals surface area (Å²) in [5.74, 6) is 4.63. The van der Waals surface area contributed by atoms with Gasteiger partial charge in [-0.1, -0.05) is 12.0 Å². The third-order valence-corrected chi connectivity index (χ3v) is 4.84. The summed E-state index contributed by atoms with van der Waals surface area (Å²) in [4.78, 5) is 4.68. The topological polar surface area (TPSA) is 65.7 Å². The van der Waals surface area contributed by atoms with Crippen LogP contribution in [0.3, 0.4) is 0 Å². The van der Waals surface area contributed by atoms with Crippen molar-refractivity contribution in [1.82, 2.24) is 4.98 Å². The van der Waals surface area contributed by atoms with Crippen LogP contribution in [-0.4, -0.2) is 45.6 Å². The normalized spacial score (nSPS) is 10.9. The first kappa shape index (κ1) is 23.3. The van der Waals surface area contributed by atoms with Crippen molar-refractivity contribution in [3.63, 3.8) is 0 Å². The molecule has 0 aliphatic heterocycles. The first-order valence-corrected chi connectivity index (χ1v) is 10.5. The van der Waals surface area contributed by atoms with Crippen LogP contribution >= 0.6 is 0 Å². The molecule has 0 atom stereocenters. The SMILES string of the molecule is C#Cc1cccc(Nc2nc[n+](C(C)C)c3cc(OCCOC)c(OCCOC)cc23)c1. The summed E-state index contributed by atoms with van der Waals surface area (Å²) in [6.07, 6.45) is 7.38. The van der Waals surface area contributed by atoms with Crippen LogP contribution < -0.4 is 19.4 Å². The number of rotatable bonds is 11. The van der Waals surface area contributed by atoms with Gasteiger partial charge in [-0.15, -0.1) is 6.42 Å². The molecule has 168 valence electrons. The molecule has 0 saturated carbocycles. The van der Waals surface area contributed by atoms with E-state index in [0.717, 1.165) is 22.2 Å². The molecule has 0 amide bonds. The van der Waals surface area contributed by atoms with Crippen LogP contribution in [0.5, 0.6) is 11.5 Å². The van der Waals surface area contributed by atoms with Gasteiger partial charge in [0.1, 0.15) is 18.7 Å². The van der Waals surface area contributed by atoms with Crippen LogP contribution in [0, 0.1) is 12.3 Å². The lowest BCUT2D eigenvalue weighted by atomic mass is 10.1. The highest BCUT2D eigenvalue weighted by Gasteiger charge is 2.21. The van der Waals surface area contributed by atoms with Gasteiger partial charge in [0.05, 0.1) is 24.6 Å². The molecule has 0 fully saturated rings. The Hall–Kier alpha value is -3.34. The van der Waals surface area contributed by atoms with E-state index in [1.54, 1.807) is 14.2 Å². The van der Waals surface area contributed by atoms with Crippen LogP contribution in [0.4, 0.5) is 11.5 Å². The lowest BCUT2D eigenvalue weighted by Gasteiger charge is -2.16. The summed E-state index contributed by atoms with van der Waals surface area (Å²) in [7, 11) is 3.28. The summed E-state index contributed by atoms with van der Waals surface area (Å²) in [5, 5.41) is 4.29. The molecule has 0 unspecified atom stereocenters. The number of fused-ring (bicyclic) bond motifs is 1. The van der Waals surface area contributed by atoms with Crippen LogP contribution in [-0.2, 0) is 9.47 Å². The maximum absolute atomic E-state index is 5.98. The van der Waals surface area contributed by atoms with Crippen molar-refractivity contribution in [2.24, 2.45) is 0 Å². The van der Waals surface area contributed by atoms with E-state index < -0.39 is 0 Å². The van der Waals surface area contributed by atoms with Crippen molar-refractivity contribution in [3.05, 3.63) is 48.3 Å². The van der Waals surface area contributed by atoms with E-state index in [1.807, 2.05) is 42.7 Å². The number of hydrogen-bond donors (Lipinski definition) is 1. The van der Waals surface area contributed by atoms with E-state index in [9.17, 15) is 0 Å². The smallest absolute Gasteiger partial charge is 0.289 e. The predicted octanol–water partition coefficient (Wildman–Crippen LogP) is 3.88. The highest BCUT2D eigenvalue weighted by atomic mass is 16.5.